The Hall–Kier alpha value is -1.03. The lowest BCUT2D eigenvalue weighted by Gasteiger charge is -2.30. The predicted molar refractivity (Wildman–Crippen MR) is 59.4 cm³/mol. The van der Waals surface area contributed by atoms with Gasteiger partial charge in [0.25, 0.3) is 0 Å². The first-order valence-electron chi connectivity index (χ1n) is 5.02. The molecule has 1 aromatic heterocycles. The minimum atomic E-state index is 0.372. The molecule has 1 aromatic rings. The van der Waals surface area contributed by atoms with Crippen LogP contribution >= 0.6 is 11.6 Å². The summed E-state index contributed by atoms with van der Waals surface area (Å²) < 4.78 is 5.01. The van der Waals surface area contributed by atoms with Gasteiger partial charge in [-0.15, -0.1) is 11.6 Å². The molecule has 1 saturated carbocycles. The number of nitrogens with one attached hydrogen (secondary N) is 1. The van der Waals surface area contributed by atoms with Crippen molar-refractivity contribution in [2.45, 2.75) is 18.2 Å². The van der Waals surface area contributed by atoms with Crippen molar-refractivity contribution in [3.8, 4) is 5.88 Å². The summed E-state index contributed by atoms with van der Waals surface area (Å²) in [7, 11) is 1.59. The van der Waals surface area contributed by atoms with Gasteiger partial charge in [-0.25, -0.2) is 9.97 Å². The maximum atomic E-state index is 5.90. The van der Waals surface area contributed by atoms with E-state index in [9.17, 15) is 0 Å². The van der Waals surface area contributed by atoms with Crippen molar-refractivity contribution < 1.29 is 4.74 Å². The Labute approximate surface area is 94.0 Å². The number of alkyl halides is 1. The van der Waals surface area contributed by atoms with Crippen LogP contribution in [0.2, 0.25) is 0 Å². The highest BCUT2D eigenvalue weighted by molar-refractivity contribution is 6.21. The predicted octanol–water partition coefficient (Wildman–Crippen LogP) is 1.91. The van der Waals surface area contributed by atoms with Crippen molar-refractivity contribution >= 4 is 17.4 Å². The normalized spacial score (nSPS) is 24.4. The monoisotopic (exact) mass is 227 g/mol. The molecule has 0 amide bonds. The van der Waals surface area contributed by atoms with Gasteiger partial charge in [0, 0.05) is 18.0 Å². The Kier molecular flexibility index (Phi) is 3.26. The number of hydrogen-bond donors (Lipinski definition) is 1. The van der Waals surface area contributed by atoms with E-state index in [0.717, 1.165) is 25.2 Å². The smallest absolute Gasteiger partial charge is 0.218 e. The van der Waals surface area contributed by atoms with Crippen LogP contribution in [0.15, 0.2) is 12.4 Å². The van der Waals surface area contributed by atoms with Crippen molar-refractivity contribution in [2.75, 3.05) is 19.0 Å². The van der Waals surface area contributed by atoms with Crippen LogP contribution in [0.4, 0.5) is 5.82 Å². The average Bonchev–Trinajstić information content (AvgIpc) is 2.23. The van der Waals surface area contributed by atoms with Gasteiger partial charge in [-0.3, -0.25) is 0 Å². The molecule has 0 saturated heterocycles. The zero-order chi connectivity index (χ0) is 10.7. The van der Waals surface area contributed by atoms with E-state index in [1.165, 1.54) is 6.33 Å². The van der Waals surface area contributed by atoms with Crippen LogP contribution in [0.1, 0.15) is 12.8 Å². The maximum Gasteiger partial charge on any atom is 0.218 e. The summed E-state index contributed by atoms with van der Waals surface area (Å²) in [4.78, 5) is 8.04. The van der Waals surface area contributed by atoms with E-state index in [-0.39, 0.29) is 0 Å². The van der Waals surface area contributed by atoms with E-state index in [2.05, 4.69) is 15.3 Å². The van der Waals surface area contributed by atoms with Crippen molar-refractivity contribution in [2.24, 2.45) is 5.92 Å². The second-order valence-electron chi connectivity index (χ2n) is 3.76. The largest absolute Gasteiger partial charge is 0.481 e. The maximum absolute atomic E-state index is 5.90. The fourth-order valence-corrected chi connectivity index (χ4v) is 2.12. The first-order valence-corrected chi connectivity index (χ1v) is 5.45. The number of rotatable bonds is 4. The SMILES string of the molecule is COc1cc(NCC2CC(Cl)C2)ncn1. The van der Waals surface area contributed by atoms with Gasteiger partial charge in [-0.1, -0.05) is 0 Å². The van der Waals surface area contributed by atoms with Gasteiger partial charge in [0.2, 0.25) is 5.88 Å². The van der Waals surface area contributed by atoms with E-state index in [0.29, 0.717) is 17.2 Å². The van der Waals surface area contributed by atoms with Crippen LogP contribution < -0.4 is 10.1 Å². The molecule has 1 aliphatic carbocycles. The molecule has 1 heterocycles. The van der Waals surface area contributed by atoms with Gasteiger partial charge in [0.05, 0.1) is 7.11 Å². The second-order valence-corrected chi connectivity index (χ2v) is 4.38. The van der Waals surface area contributed by atoms with Crippen molar-refractivity contribution in [1.29, 1.82) is 0 Å². The summed E-state index contributed by atoms with van der Waals surface area (Å²) in [5.74, 6) is 2.06. The molecule has 5 heteroatoms. The Morgan fingerprint density at radius 1 is 1.53 bits per heavy atom. The van der Waals surface area contributed by atoms with Gasteiger partial charge in [0.15, 0.2) is 0 Å². The topological polar surface area (TPSA) is 47.0 Å². The summed E-state index contributed by atoms with van der Waals surface area (Å²) in [5.41, 5.74) is 0. The molecular formula is C10H14ClN3O. The molecule has 4 nitrogen and oxygen atoms in total. The minimum absolute atomic E-state index is 0.372. The molecular weight excluding hydrogens is 214 g/mol. The van der Waals surface area contributed by atoms with Crippen molar-refractivity contribution in [1.82, 2.24) is 9.97 Å². The summed E-state index contributed by atoms with van der Waals surface area (Å²) in [5, 5.41) is 3.62. The van der Waals surface area contributed by atoms with Crippen LogP contribution in [0.5, 0.6) is 5.88 Å². The highest BCUT2D eigenvalue weighted by Gasteiger charge is 2.26. The molecule has 0 spiro atoms. The fraction of sp³-hybridized carbons (Fsp3) is 0.600. The lowest BCUT2D eigenvalue weighted by atomic mass is 9.85. The standard InChI is InChI=1S/C10H14ClN3O/c1-15-10-4-9(13-6-14-10)12-5-7-2-8(11)3-7/h4,6-8H,2-3,5H2,1H3,(H,12,13,14). The third kappa shape index (κ3) is 2.72. The number of hydrogen-bond acceptors (Lipinski definition) is 4. The van der Waals surface area contributed by atoms with Gasteiger partial charge in [0.1, 0.15) is 12.1 Å². The van der Waals surface area contributed by atoms with Crippen LogP contribution in [0.3, 0.4) is 0 Å². The molecule has 15 heavy (non-hydrogen) atoms. The van der Waals surface area contributed by atoms with E-state index in [1.54, 1.807) is 13.2 Å². The van der Waals surface area contributed by atoms with E-state index < -0.39 is 0 Å². The number of nitrogens with zero attached hydrogens (tertiary/aromatic N) is 2. The van der Waals surface area contributed by atoms with Crippen LogP contribution in [-0.2, 0) is 0 Å². The highest BCUT2D eigenvalue weighted by Crippen LogP contribution is 2.31. The molecule has 1 N–H and O–H groups in total. The first kappa shape index (κ1) is 10.5. The Morgan fingerprint density at radius 3 is 3.00 bits per heavy atom. The Balaban J connectivity index is 1.82. The van der Waals surface area contributed by atoms with Gasteiger partial charge >= 0.3 is 0 Å². The number of aromatic nitrogens is 2. The molecule has 2 rings (SSSR count). The highest BCUT2D eigenvalue weighted by atomic mass is 35.5. The quantitative estimate of drug-likeness (QED) is 0.799. The average molecular weight is 228 g/mol. The van der Waals surface area contributed by atoms with E-state index in [1.807, 2.05) is 0 Å². The minimum Gasteiger partial charge on any atom is -0.481 e. The zero-order valence-electron chi connectivity index (χ0n) is 8.61. The summed E-state index contributed by atoms with van der Waals surface area (Å²) in [6.07, 6.45) is 3.68. The lowest BCUT2D eigenvalue weighted by Crippen LogP contribution is -2.30. The summed E-state index contributed by atoms with van der Waals surface area (Å²) >= 11 is 5.90. The molecule has 0 aliphatic heterocycles. The molecule has 0 bridgehead atoms. The number of halogens is 1. The summed E-state index contributed by atoms with van der Waals surface area (Å²) in [6, 6.07) is 1.79. The van der Waals surface area contributed by atoms with Crippen molar-refractivity contribution in [3.63, 3.8) is 0 Å². The zero-order valence-corrected chi connectivity index (χ0v) is 9.37. The van der Waals surface area contributed by atoms with Crippen molar-refractivity contribution in [3.05, 3.63) is 12.4 Å². The lowest BCUT2D eigenvalue weighted by molar-refractivity contribution is 0.341. The Bertz CT molecular complexity index is 328. The molecule has 0 radical (unpaired) electrons. The number of methoxy groups -OCH3 is 1. The third-order valence-electron chi connectivity index (χ3n) is 2.60. The van der Waals surface area contributed by atoms with Crippen LogP contribution in [0.25, 0.3) is 0 Å². The Morgan fingerprint density at radius 2 is 2.33 bits per heavy atom. The summed E-state index contributed by atoms with van der Waals surface area (Å²) in [6.45, 7) is 0.920. The van der Waals surface area contributed by atoms with Gasteiger partial charge < -0.3 is 10.1 Å². The van der Waals surface area contributed by atoms with E-state index in [4.69, 9.17) is 16.3 Å². The molecule has 1 aliphatic rings. The molecule has 1 fully saturated rings. The second kappa shape index (κ2) is 4.66. The molecule has 0 unspecified atom stereocenters. The van der Waals surface area contributed by atoms with Gasteiger partial charge in [-0.2, -0.15) is 0 Å². The van der Waals surface area contributed by atoms with Gasteiger partial charge in [-0.05, 0) is 18.8 Å². The molecule has 0 atom stereocenters. The third-order valence-corrected chi connectivity index (χ3v) is 2.96. The van der Waals surface area contributed by atoms with E-state index >= 15 is 0 Å². The van der Waals surface area contributed by atoms with Crippen LogP contribution in [0, 0.1) is 5.92 Å². The fourth-order valence-electron chi connectivity index (χ4n) is 1.62. The molecule has 0 aromatic carbocycles. The molecule has 82 valence electrons. The van der Waals surface area contributed by atoms with Crippen LogP contribution in [-0.4, -0.2) is 29.0 Å². The first-order chi connectivity index (χ1) is 7.28. The number of ether oxygens (including phenoxy) is 1. The number of anilines is 1.